The number of unbranched alkanes of at least 4 members (excludes halogenated alkanes) is 1. The third-order valence-electron chi connectivity index (χ3n) is 1.99. The molecule has 3 nitrogen and oxygen atoms in total. The Balaban J connectivity index is 3.30. The van der Waals surface area contributed by atoms with Gasteiger partial charge in [-0.1, -0.05) is 6.58 Å². The van der Waals surface area contributed by atoms with Crippen molar-refractivity contribution in [3.8, 4) is 0 Å². The molecule has 0 spiro atoms. The first kappa shape index (κ1) is 13.2. The molecular formula is C11H20O3. The van der Waals surface area contributed by atoms with Crippen molar-refractivity contribution >= 4 is 5.97 Å². The Kier molecular flexibility index (Phi) is 7.11. The first-order valence-corrected chi connectivity index (χ1v) is 4.93. The molecule has 0 aromatic carbocycles. The van der Waals surface area contributed by atoms with Crippen LogP contribution < -0.4 is 0 Å². The van der Waals surface area contributed by atoms with E-state index in [0.29, 0.717) is 12.2 Å². The van der Waals surface area contributed by atoms with Crippen LogP contribution in [0.25, 0.3) is 0 Å². The summed E-state index contributed by atoms with van der Waals surface area (Å²) in [6.45, 7) is 7.65. The van der Waals surface area contributed by atoms with Gasteiger partial charge in [-0.25, -0.2) is 4.79 Å². The molecular weight excluding hydrogens is 180 g/mol. The largest absolute Gasteiger partial charge is 0.462 e. The van der Waals surface area contributed by atoms with Gasteiger partial charge in [-0.15, -0.1) is 0 Å². The smallest absolute Gasteiger partial charge is 0.333 e. The Morgan fingerprint density at radius 1 is 1.43 bits per heavy atom. The van der Waals surface area contributed by atoms with Crippen molar-refractivity contribution in [2.45, 2.75) is 39.2 Å². The van der Waals surface area contributed by atoms with Crippen LogP contribution in [0.5, 0.6) is 0 Å². The van der Waals surface area contributed by atoms with Gasteiger partial charge < -0.3 is 9.47 Å². The summed E-state index contributed by atoms with van der Waals surface area (Å²) in [5.74, 6) is -0.301. The Morgan fingerprint density at radius 2 is 2.07 bits per heavy atom. The van der Waals surface area contributed by atoms with E-state index >= 15 is 0 Å². The number of methoxy groups -OCH3 is 1. The Bertz CT molecular complexity index is 187. The van der Waals surface area contributed by atoms with Gasteiger partial charge in [-0.3, -0.25) is 0 Å². The number of hydrogen-bond donors (Lipinski definition) is 0. The molecule has 0 heterocycles. The van der Waals surface area contributed by atoms with E-state index in [1.807, 2.05) is 6.92 Å². The second kappa shape index (κ2) is 7.56. The van der Waals surface area contributed by atoms with Crippen molar-refractivity contribution in [1.29, 1.82) is 0 Å². The standard InChI is InChI=1S/C11H20O3/c1-9(2)11(12)14-8-6-5-7-10(3)13-4/h10H,1,5-8H2,2-4H3. The monoisotopic (exact) mass is 200 g/mol. The molecule has 0 N–H and O–H groups in total. The van der Waals surface area contributed by atoms with Gasteiger partial charge in [0.15, 0.2) is 0 Å². The zero-order valence-corrected chi connectivity index (χ0v) is 9.34. The zero-order chi connectivity index (χ0) is 11.0. The van der Waals surface area contributed by atoms with E-state index in [1.165, 1.54) is 0 Å². The van der Waals surface area contributed by atoms with Gasteiger partial charge in [0, 0.05) is 12.7 Å². The lowest BCUT2D eigenvalue weighted by Gasteiger charge is -2.08. The molecule has 0 bridgehead atoms. The van der Waals surface area contributed by atoms with Crippen LogP contribution in [-0.2, 0) is 14.3 Å². The number of rotatable bonds is 7. The van der Waals surface area contributed by atoms with Gasteiger partial charge >= 0.3 is 5.97 Å². The van der Waals surface area contributed by atoms with E-state index in [1.54, 1.807) is 14.0 Å². The molecule has 14 heavy (non-hydrogen) atoms. The molecule has 82 valence electrons. The zero-order valence-electron chi connectivity index (χ0n) is 9.34. The average molecular weight is 200 g/mol. The van der Waals surface area contributed by atoms with Crippen molar-refractivity contribution in [2.24, 2.45) is 0 Å². The van der Waals surface area contributed by atoms with Crippen molar-refractivity contribution in [2.75, 3.05) is 13.7 Å². The van der Waals surface area contributed by atoms with Gasteiger partial charge in [0.25, 0.3) is 0 Å². The maximum Gasteiger partial charge on any atom is 0.333 e. The number of hydrogen-bond acceptors (Lipinski definition) is 3. The summed E-state index contributed by atoms with van der Waals surface area (Å²) in [4.78, 5) is 10.9. The molecule has 0 aliphatic rings. The third kappa shape index (κ3) is 6.66. The highest BCUT2D eigenvalue weighted by Crippen LogP contribution is 2.03. The Morgan fingerprint density at radius 3 is 2.57 bits per heavy atom. The van der Waals surface area contributed by atoms with Gasteiger partial charge in [0.1, 0.15) is 0 Å². The van der Waals surface area contributed by atoms with Gasteiger partial charge in [-0.05, 0) is 33.1 Å². The summed E-state index contributed by atoms with van der Waals surface area (Å²) in [5.41, 5.74) is 0.454. The van der Waals surface area contributed by atoms with E-state index in [9.17, 15) is 4.79 Å². The van der Waals surface area contributed by atoms with Crippen molar-refractivity contribution in [1.82, 2.24) is 0 Å². The minimum absolute atomic E-state index is 0.284. The van der Waals surface area contributed by atoms with E-state index in [0.717, 1.165) is 19.3 Å². The minimum Gasteiger partial charge on any atom is -0.462 e. The third-order valence-corrected chi connectivity index (χ3v) is 1.99. The van der Waals surface area contributed by atoms with Crippen LogP contribution in [0.3, 0.4) is 0 Å². The lowest BCUT2D eigenvalue weighted by molar-refractivity contribution is -0.139. The molecule has 0 fully saturated rings. The van der Waals surface area contributed by atoms with E-state index < -0.39 is 0 Å². The van der Waals surface area contributed by atoms with Crippen molar-refractivity contribution in [3.63, 3.8) is 0 Å². The first-order chi connectivity index (χ1) is 6.57. The quantitative estimate of drug-likeness (QED) is 0.359. The molecule has 0 aromatic rings. The lowest BCUT2D eigenvalue weighted by Crippen LogP contribution is -2.08. The van der Waals surface area contributed by atoms with Crippen LogP contribution in [-0.4, -0.2) is 25.8 Å². The summed E-state index contributed by atoms with van der Waals surface area (Å²) in [5, 5.41) is 0. The Hall–Kier alpha value is -0.830. The summed E-state index contributed by atoms with van der Waals surface area (Å²) in [7, 11) is 1.70. The highest BCUT2D eigenvalue weighted by molar-refractivity contribution is 5.86. The summed E-state index contributed by atoms with van der Waals surface area (Å²) >= 11 is 0. The lowest BCUT2D eigenvalue weighted by atomic mass is 10.2. The molecule has 0 rings (SSSR count). The number of carbonyl (C=O) groups is 1. The molecule has 0 saturated carbocycles. The fourth-order valence-corrected chi connectivity index (χ4v) is 0.940. The van der Waals surface area contributed by atoms with Crippen LogP contribution in [0.15, 0.2) is 12.2 Å². The maximum atomic E-state index is 10.9. The molecule has 1 unspecified atom stereocenters. The highest BCUT2D eigenvalue weighted by Gasteiger charge is 2.03. The van der Waals surface area contributed by atoms with Crippen LogP contribution in [0.2, 0.25) is 0 Å². The first-order valence-electron chi connectivity index (χ1n) is 4.93. The minimum atomic E-state index is -0.301. The molecule has 0 amide bonds. The fraction of sp³-hybridized carbons (Fsp3) is 0.727. The van der Waals surface area contributed by atoms with Gasteiger partial charge in [0.05, 0.1) is 12.7 Å². The maximum absolute atomic E-state index is 10.9. The molecule has 3 heteroatoms. The fourth-order valence-electron chi connectivity index (χ4n) is 0.940. The van der Waals surface area contributed by atoms with E-state index in [-0.39, 0.29) is 12.1 Å². The van der Waals surface area contributed by atoms with Crippen LogP contribution in [0.1, 0.15) is 33.1 Å². The number of carbonyl (C=O) groups excluding carboxylic acids is 1. The highest BCUT2D eigenvalue weighted by atomic mass is 16.5. The SMILES string of the molecule is C=C(C)C(=O)OCCCCC(C)OC. The second-order valence-corrected chi connectivity index (χ2v) is 3.46. The number of ether oxygens (including phenoxy) is 2. The summed E-state index contributed by atoms with van der Waals surface area (Å²) in [6, 6.07) is 0. The van der Waals surface area contributed by atoms with Crippen LogP contribution in [0.4, 0.5) is 0 Å². The molecule has 0 aliphatic heterocycles. The normalized spacial score (nSPS) is 12.2. The average Bonchev–Trinajstić information content (AvgIpc) is 2.16. The van der Waals surface area contributed by atoms with Crippen LogP contribution in [0, 0.1) is 0 Å². The topological polar surface area (TPSA) is 35.5 Å². The van der Waals surface area contributed by atoms with Gasteiger partial charge in [-0.2, -0.15) is 0 Å². The Labute approximate surface area is 86.1 Å². The second-order valence-electron chi connectivity index (χ2n) is 3.46. The predicted octanol–water partition coefficient (Wildman–Crippen LogP) is 2.31. The van der Waals surface area contributed by atoms with Crippen molar-refractivity contribution < 1.29 is 14.3 Å². The van der Waals surface area contributed by atoms with Gasteiger partial charge in [0.2, 0.25) is 0 Å². The van der Waals surface area contributed by atoms with Crippen molar-refractivity contribution in [3.05, 3.63) is 12.2 Å². The molecule has 0 radical (unpaired) electrons. The summed E-state index contributed by atoms with van der Waals surface area (Å²) in [6.07, 6.45) is 3.18. The predicted molar refractivity (Wildman–Crippen MR) is 56.1 cm³/mol. The van der Waals surface area contributed by atoms with E-state index in [4.69, 9.17) is 9.47 Å². The van der Waals surface area contributed by atoms with Crippen LogP contribution >= 0.6 is 0 Å². The molecule has 1 atom stereocenters. The molecule has 0 saturated heterocycles. The summed E-state index contributed by atoms with van der Waals surface area (Å²) < 4.78 is 10.0. The molecule has 0 aliphatic carbocycles. The molecule has 0 aromatic heterocycles. The number of esters is 1. The van der Waals surface area contributed by atoms with E-state index in [2.05, 4.69) is 6.58 Å².